The fraction of sp³-hybridized carbons (Fsp3) is 0.667. The van der Waals surface area contributed by atoms with Gasteiger partial charge in [0, 0.05) is 6.61 Å². The Balaban J connectivity index is 2.27. The predicted octanol–water partition coefficient (Wildman–Crippen LogP) is 4.55. The molecule has 0 spiro atoms. The van der Waals surface area contributed by atoms with E-state index in [0.717, 1.165) is 37.6 Å². The molecule has 21 heavy (non-hydrogen) atoms. The summed E-state index contributed by atoms with van der Waals surface area (Å²) in [6, 6.07) is 7.83. The predicted molar refractivity (Wildman–Crippen MR) is 87.2 cm³/mol. The van der Waals surface area contributed by atoms with Crippen LogP contribution < -0.4 is 9.47 Å². The van der Waals surface area contributed by atoms with Crippen LogP contribution in [0.2, 0.25) is 0 Å². The van der Waals surface area contributed by atoms with Crippen LogP contribution in [0.15, 0.2) is 24.3 Å². The lowest BCUT2D eigenvalue weighted by Crippen LogP contribution is -2.09. The minimum atomic E-state index is 0.558. The van der Waals surface area contributed by atoms with Gasteiger partial charge in [0.2, 0.25) is 0 Å². The van der Waals surface area contributed by atoms with Gasteiger partial charge in [-0.25, -0.2) is 0 Å². The van der Waals surface area contributed by atoms with E-state index in [2.05, 4.69) is 27.7 Å². The van der Waals surface area contributed by atoms with E-state index in [0.29, 0.717) is 25.0 Å². The van der Waals surface area contributed by atoms with Gasteiger partial charge in [0.25, 0.3) is 0 Å². The molecule has 0 aromatic heterocycles. The molecular formula is C18H30O3. The lowest BCUT2D eigenvalue weighted by Gasteiger charge is -2.13. The van der Waals surface area contributed by atoms with Crippen LogP contribution >= 0.6 is 0 Å². The van der Waals surface area contributed by atoms with Crippen LogP contribution in [0.4, 0.5) is 0 Å². The number of benzene rings is 1. The van der Waals surface area contributed by atoms with Crippen molar-refractivity contribution in [1.82, 2.24) is 0 Å². The van der Waals surface area contributed by atoms with Gasteiger partial charge in [-0.3, -0.25) is 0 Å². The van der Waals surface area contributed by atoms with Crippen LogP contribution in [0.5, 0.6) is 11.5 Å². The molecule has 0 amide bonds. The molecule has 3 nitrogen and oxygen atoms in total. The van der Waals surface area contributed by atoms with Crippen LogP contribution in [0.1, 0.15) is 40.5 Å². The first-order valence-electron chi connectivity index (χ1n) is 8.02. The van der Waals surface area contributed by atoms with E-state index in [1.165, 1.54) is 0 Å². The number of hydrogen-bond acceptors (Lipinski definition) is 3. The van der Waals surface area contributed by atoms with Gasteiger partial charge in [-0.05, 0) is 36.8 Å². The molecule has 3 heteroatoms. The summed E-state index contributed by atoms with van der Waals surface area (Å²) in [5.74, 6) is 2.95. The first-order valence-corrected chi connectivity index (χ1v) is 8.02. The van der Waals surface area contributed by atoms with Gasteiger partial charge in [-0.1, -0.05) is 39.8 Å². The molecule has 1 aromatic rings. The molecule has 0 atom stereocenters. The molecule has 0 bridgehead atoms. The highest BCUT2D eigenvalue weighted by Crippen LogP contribution is 2.26. The summed E-state index contributed by atoms with van der Waals surface area (Å²) in [6.07, 6.45) is 2.14. The summed E-state index contributed by atoms with van der Waals surface area (Å²) in [5, 5.41) is 0. The quantitative estimate of drug-likeness (QED) is 0.560. The molecule has 0 saturated heterocycles. The van der Waals surface area contributed by atoms with E-state index in [-0.39, 0.29) is 0 Å². The SMILES string of the molecule is CC(C)CCOCCOc1ccccc1OCCC(C)C. The second-order valence-corrected chi connectivity index (χ2v) is 6.12. The number of hydrogen-bond donors (Lipinski definition) is 0. The summed E-state index contributed by atoms with van der Waals surface area (Å²) < 4.78 is 17.1. The Morgan fingerprint density at radius 2 is 1.24 bits per heavy atom. The maximum absolute atomic E-state index is 5.79. The summed E-state index contributed by atoms with van der Waals surface area (Å²) in [7, 11) is 0. The summed E-state index contributed by atoms with van der Waals surface area (Å²) in [4.78, 5) is 0. The van der Waals surface area contributed by atoms with Crippen molar-refractivity contribution in [2.24, 2.45) is 11.8 Å². The number of ether oxygens (including phenoxy) is 3. The zero-order valence-corrected chi connectivity index (χ0v) is 13.9. The molecule has 0 saturated carbocycles. The molecule has 120 valence electrons. The zero-order chi connectivity index (χ0) is 15.5. The van der Waals surface area contributed by atoms with Gasteiger partial charge in [0.05, 0.1) is 13.2 Å². The van der Waals surface area contributed by atoms with Crippen LogP contribution in [0.3, 0.4) is 0 Å². The molecule has 0 aliphatic heterocycles. The van der Waals surface area contributed by atoms with E-state index in [1.807, 2.05) is 24.3 Å². The van der Waals surface area contributed by atoms with E-state index >= 15 is 0 Å². The summed E-state index contributed by atoms with van der Waals surface area (Å²) >= 11 is 0. The van der Waals surface area contributed by atoms with Gasteiger partial charge < -0.3 is 14.2 Å². The van der Waals surface area contributed by atoms with Gasteiger partial charge in [-0.15, -0.1) is 0 Å². The average Bonchev–Trinajstić information content (AvgIpc) is 2.43. The van der Waals surface area contributed by atoms with Crippen LogP contribution in [0, 0.1) is 11.8 Å². The van der Waals surface area contributed by atoms with Gasteiger partial charge in [0.1, 0.15) is 6.61 Å². The Morgan fingerprint density at radius 3 is 1.81 bits per heavy atom. The molecule has 0 aliphatic rings. The maximum Gasteiger partial charge on any atom is 0.161 e. The average molecular weight is 294 g/mol. The second kappa shape index (κ2) is 10.5. The lowest BCUT2D eigenvalue weighted by molar-refractivity contribution is 0.0912. The van der Waals surface area contributed by atoms with Crippen molar-refractivity contribution in [2.75, 3.05) is 26.4 Å². The maximum atomic E-state index is 5.79. The molecule has 0 heterocycles. The van der Waals surface area contributed by atoms with Crippen LogP contribution in [-0.2, 0) is 4.74 Å². The minimum absolute atomic E-state index is 0.558. The highest BCUT2D eigenvalue weighted by atomic mass is 16.5. The molecule has 0 N–H and O–H groups in total. The Hall–Kier alpha value is -1.22. The number of rotatable bonds is 11. The Morgan fingerprint density at radius 1 is 0.714 bits per heavy atom. The molecule has 0 aliphatic carbocycles. The van der Waals surface area contributed by atoms with Crippen molar-refractivity contribution in [1.29, 1.82) is 0 Å². The van der Waals surface area contributed by atoms with Crippen LogP contribution in [0.25, 0.3) is 0 Å². The minimum Gasteiger partial charge on any atom is -0.490 e. The highest BCUT2D eigenvalue weighted by molar-refractivity contribution is 5.39. The highest BCUT2D eigenvalue weighted by Gasteiger charge is 2.04. The smallest absolute Gasteiger partial charge is 0.161 e. The summed E-state index contributed by atoms with van der Waals surface area (Å²) in [6.45, 7) is 11.5. The van der Waals surface area contributed by atoms with Gasteiger partial charge >= 0.3 is 0 Å². The first-order chi connectivity index (χ1) is 10.1. The van der Waals surface area contributed by atoms with E-state index in [1.54, 1.807) is 0 Å². The van der Waals surface area contributed by atoms with Crippen molar-refractivity contribution < 1.29 is 14.2 Å². The molecule has 1 rings (SSSR count). The normalized spacial score (nSPS) is 11.1. The Kier molecular flexibility index (Phi) is 8.91. The zero-order valence-electron chi connectivity index (χ0n) is 13.9. The molecule has 0 fully saturated rings. The topological polar surface area (TPSA) is 27.7 Å². The fourth-order valence-corrected chi connectivity index (χ4v) is 1.72. The summed E-state index contributed by atoms with van der Waals surface area (Å²) in [5.41, 5.74) is 0. The molecular weight excluding hydrogens is 264 g/mol. The van der Waals surface area contributed by atoms with Crippen molar-refractivity contribution in [3.05, 3.63) is 24.3 Å². The lowest BCUT2D eigenvalue weighted by atomic mass is 10.1. The standard InChI is InChI=1S/C18H30O3/c1-15(2)9-11-19-13-14-21-18-8-6-5-7-17(18)20-12-10-16(3)4/h5-8,15-16H,9-14H2,1-4H3. The monoisotopic (exact) mass is 294 g/mol. The third-order valence-corrected chi connectivity index (χ3v) is 3.13. The third kappa shape index (κ3) is 8.61. The van der Waals surface area contributed by atoms with Crippen molar-refractivity contribution in [3.63, 3.8) is 0 Å². The molecule has 0 radical (unpaired) electrons. The molecule has 1 aromatic carbocycles. The van der Waals surface area contributed by atoms with E-state index in [4.69, 9.17) is 14.2 Å². The van der Waals surface area contributed by atoms with Gasteiger partial charge in [-0.2, -0.15) is 0 Å². The largest absolute Gasteiger partial charge is 0.490 e. The fourth-order valence-electron chi connectivity index (χ4n) is 1.72. The molecule has 0 unspecified atom stereocenters. The van der Waals surface area contributed by atoms with Crippen molar-refractivity contribution in [3.8, 4) is 11.5 Å². The van der Waals surface area contributed by atoms with Crippen molar-refractivity contribution >= 4 is 0 Å². The number of para-hydroxylation sites is 2. The van der Waals surface area contributed by atoms with Crippen molar-refractivity contribution in [2.45, 2.75) is 40.5 Å². The Labute approximate surface area is 129 Å². The Bertz CT molecular complexity index is 374. The second-order valence-electron chi connectivity index (χ2n) is 6.12. The first kappa shape index (κ1) is 17.8. The van der Waals surface area contributed by atoms with E-state index in [9.17, 15) is 0 Å². The third-order valence-electron chi connectivity index (χ3n) is 3.13. The van der Waals surface area contributed by atoms with Gasteiger partial charge in [0.15, 0.2) is 11.5 Å². The van der Waals surface area contributed by atoms with Crippen LogP contribution in [-0.4, -0.2) is 26.4 Å². The van der Waals surface area contributed by atoms with E-state index < -0.39 is 0 Å².